The van der Waals surface area contributed by atoms with Gasteiger partial charge >= 0.3 is 13.2 Å². The van der Waals surface area contributed by atoms with Crippen LogP contribution in [0.15, 0.2) is 12.4 Å². The Morgan fingerprint density at radius 1 is 1.17 bits per heavy atom. The summed E-state index contributed by atoms with van der Waals surface area (Å²) in [6, 6.07) is -0.512. The molecule has 8 heteroatoms. The molecule has 1 aliphatic heterocycles. The zero-order valence-corrected chi connectivity index (χ0v) is 15.4. The number of carboxylic acid groups (broad SMARTS) is 1. The van der Waals surface area contributed by atoms with Gasteiger partial charge in [0.15, 0.2) is 5.82 Å². The molecular formula is C16H26BN3O4. The number of rotatable bonds is 3. The fourth-order valence-electron chi connectivity index (χ4n) is 2.39. The van der Waals surface area contributed by atoms with Crippen molar-refractivity contribution in [3.8, 4) is 0 Å². The third-order valence-corrected chi connectivity index (χ3v) is 4.61. The molecule has 0 bridgehead atoms. The largest absolute Gasteiger partial charge is 0.498 e. The normalized spacial score (nSPS) is 20.7. The summed E-state index contributed by atoms with van der Waals surface area (Å²) in [6.07, 6.45) is 2.16. The fraction of sp³-hybridized carbons (Fsp3) is 0.688. The predicted molar refractivity (Wildman–Crippen MR) is 91.1 cm³/mol. The van der Waals surface area contributed by atoms with E-state index in [4.69, 9.17) is 14.4 Å². The number of amides is 1. The highest BCUT2D eigenvalue weighted by Crippen LogP contribution is 2.36. The van der Waals surface area contributed by atoms with Crippen molar-refractivity contribution >= 4 is 18.7 Å². The van der Waals surface area contributed by atoms with Gasteiger partial charge in [-0.25, -0.2) is 14.8 Å². The van der Waals surface area contributed by atoms with Gasteiger partial charge in [-0.2, -0.15) is 0 Å². The van der Waals surface area contributed by atoms with E-state index >= 15 is 0 Å². The first-order chi connectivity index (χ1) is 10.8. The summed E-state index contributed by atoms with van der Waals surface area (Å²) in [4.78, 5) is 19.7. The molecule has 2 rings (SSSR count). The summed E-state index contributed by atoms with van der Waals surface area (Å²) in [7, 11) is -0.537. The Hall–Kier alpha value is -1.67. The summed E-state index contributed by atoms with van der Waals surface area (Å²) >= 11 is 0. The SMILES string of the molecule is CC(C)(C)C(NC(=O)O)c1ncc(B2OC(C)(C)C(C)(C)O2)cn1. The maximum atomic E-state index is 11.0. The maximum Gasteiger partial charge on any atom is 0.498 e. The molecule has 1 aromatic heterocycles. The minimum Gasteiger partial charge on any atom is -0.465 e. The number of hydrogen-bond acceptors (Lipinski definition) is 5. The molecule has 1 unspecified atom stereocenters. The second kappa shape index (κ2) is 6.00. The van der Waals surface area contributed by atoms with Crippen LogP contribution in [0.4, 0.5) is 4.79 Å². The standard InChI is InChI=1S/C16H26BN3O4/c1-14(2,3)11(20-13(21)22)12-18-8-10(9-19-12)17-23-15(4,5)16(6,7)24-17/h8-9,11,20H,1-7H3,(H,21,22). The van der Waals surface area contributed by atoms with Crippen molar-refractivity contribution in [1.29, 1.82) is 0 Å². The molecule has 1 aromatic rings. The lowest BCUT2D eigenvalue weighted by Crippen LogP contribution is -2.41. The molecule has 0 saturated carbocycles. The van der Waals surface area contributed by atoms with Crippen molar-refractivity contribution in [3.05, 3.63) is 18.2 Å². The Balaban J connectivity index is 2.23. The van der Waals surface area contributed by atoms with Gasteiger partial charge < -0.3 is 19.7 Å². The van der Waals surface area contributed by atoms with Crippen molar-refractivity contribution < 1.29 is 19.2 Å². The smallest absolute Gasteiger partial charge is 0.465 e. The van der Waals surface area contributed by atoms with Gasteiger partial charge in [0, 0.05) is 17.9 Å². The first-order valence-electron chi connectivity index (χ1n) is 8.00. The van der Waals surface area contributed by atoms with Gasteiger partial charge in [-0.15, -0.1) is 0 Å². The molecule has 0 aliphatic carbocycles. The average molecular weight is 335 g/mol. The van der Waals surface area contributed by atoms with Crippen LogP contribution in [0.5, 0.6) is 0 Å². The third kappa shape index (κ3) is 3.70. The second-order valence-electron chi connectivity index (χ2n) is 8.21. The lowest BCUT2D eigenvalue weighted by Gasteiger charge is -2.32. The van der Waals surface area contributed by atoms with Crippen LogP contribution in [-0.4, -0.2) is 39.5 Å². The van der Waals surface area contributed by atoms with Crippen LogP contribution in [0.3, 0.4) is 0 Å². The number of nitrogens with one attached hydrogen (secondary N) is 1. The third-order valence-electron chi connectivity index (χ3n) is 4.61. The van der Waals surface area contributed by atoms with Gasteiger partial charge in [0.1, 0.15) is 0 Å². The zero-order chi connectivity index (χ0) is 18.3. The van der Waals surface area contributed by atoms with Gasteiger partial charge in [-0.05, 0) is 33.1 Å². The Morgan fingerprint density at radius 2 is 1.62 bits per heavy atom. The van der Waals surface area contributed by atoms with E-state index in [2.05, 4.69) is 15.3 Å². The minimum absolute atomic E-state index is 0.357. The van der Waals surface area contributed by atoms with Crippen LogP contribution in [-0.2, 0) is 9.31 Å². The van der Waals surface area contributed by atoms with Crippen LogP contribution in [0.25, 0.3) is 0 Å². The average Bonchev–Trinajstić information content (AvgIpc) is 2.64. The van der Waals surface area contributed by atoms with Crippen molar-refractivity contribution in [2.24, 2.45) is 5.41 Å². The Bertz CT molecular complexity index is 595. The second-order valence-corrected chi connectivity index (χ2v) is 8.21. The Kier molecular flexibility index (Phi) is 4.67. The summed E-state index contributed by atoms with van der Waals surface area (Å²) in [5.41, 5.74) is -0.519. The van der Waals surface area contributed by atoms with Crippen molar-refractivity contribution in [3.63, 3.8) is 0 Å². The first kappa shape index (κ1) is 18.7. The maximum absolute atomic E-state index is 11.0. The Morgan fingerprint density at radius 3 is 2.00 bits per heavy atom. The molecule has 2 N–H and O–H groups in total. The molecule has 1 atom stereocenters. The van der Waals surface area contributed by atoms with Gasteiger partial charge in [0.2, 0.25) is 0 Å². The van der Waals surface area contributed by atoms with Gasteiger partial charge in [-0.1, -0.05) is 20.8 Å². The molecular weight excluding hydrogens is 309 g/mol. The molecule has 7 nitrogen and oxygen atoms in total. The molecule has 0 radical (unpaired) electrons. The highest BCUT2D eigenvalue weighted by atomic mass is 16.7. The quantitative estimate of drug-likeness (QED) is 0.822. The van der Waals surface area contributed by atoms with E-state index in [0.29, 0.717) is 11.3 Å². The van der Waals surface area contributed by atoms with E-state index in [0.717, 1.165) is 0 Å². The van der Waals surface area contributed by atoms with Crippen LogP contribution < -0.4 is 10.8 Å². The van der Waals surface area contributed by atoms with Crippen LogP contribution in [0.2, 0.25) is 0 Å². The van der Waals surface area contributed by atoms with Crippen LogP contribution in [0.1, 0.15) is 60.3 Å². The molecule has 1 saturated heterocycles. The number of carbonyl (C=O) groups is 1. The van der Waals surface area contributed by atoms with E-state index in [1.807, 2.05) is 48.5 Å². The van der Waals surface area contributed by atoms with Crippen LogP contribution >= 0.6 is 0 Å². The van der Waals surface area contributed by atoms with Crippen molar-refractivity contribution in [2.75, 3.05) is 0 Å². The van der Waals surface area contributed by atoms with E-state index in [-0.39, 0.29) is 5.41 Å². The summed E-state index contributed by atoms with van der Waals surface area (Å²) in [6.45, 7) is 13.7. The number of aromatic nitrogens is 2. The monoisotopic (exact) mass is 335 g/mol. The summed E-state index contributed by atoms with van der Waals surface area (Å²) < 4.78 is 11.9. The van der Waals surface area contributed by atoms with Gasteiger partial charge in [-0.3, -0.25) is 0 Å². The highest BCUT2D eigenvalue weighted by Gasteiger charge is 2.52. The predicted octanol–water partition coefficient (Wildman–Crippen LogP) is 2.13. The zero-order valence-electron chi connectivity index (χ0n) is 15.4. The number of hydrogen-bond donors (Lipinski definition) is 2. The molecule has 0 aromatic carbocycles. The minimum atomic E-state index is -1.10. The molecule has 24 heavy (non-hydrogen) atoms. The van der Waals surface area contributed by atoms with Crippen molar-refractivity contribution in [2.45, 2.75) is 65.7 Å². The van der Waals surface area contributed by atoms with E-state index in [1.165, 1.54) is 0 Å². The van der Waals surface area contributed by atoms with Crippen LogP contribution in [0, 0.1) is 5.41 Å². The molecule has 1 aliphatic rings. The van der Waals surface area contributed by atoms with Crippen molar-refractivity contribution in [1.82, 2.24) is 15.3 Å². The lowest BCUT2D eigenvalue weighted by molar-refractivity contribution is 0.00578. The molecule has 1 amide bonds. The summed E-state index contributed by atoms with van der Waals surface area (Å²) in [5.74, 6) is 0.421. The van der Waals surface area contributed by atoms with Gasteiger partial charge in [0.05, 0.1) is 17.2 Å². The highest BCUT2D eigenvalue weighted by molar-refractivity contribution is 6.61. The molecule has 2 heterocycles. The molecule has 1 fully saturated rings. The van der Waals surface area contributed by atoms with E-state index < -0.39 is 30.5 Å². The first-order valence-corrected chi connectivity index (χ1v) is 8.00. The molecule has 132 valence electrons. The Labute approximate surface area is 143 Å². The van der Waals surface area contributed by atoms with E-state index in [1.54, 1.807) is 12.4 Å². The topological polar surface area (TPSA) is 93.6 Å². The van der Waals surface area contributed by atoms with Gasteiger partial charge in [0.25, 0.3) is 0 Å². The fourth-order valence-corrected chi connectivity index (χ4v) is 2.39. The number of nitrogens with zero attached hydrogens (tertiary/aromatic N) is 2. The summed E-state index contributed by atoms with van der Waals surface area (Å²) in [5, 5.41) is 11.5. The van der Waals surface area contributed by atoms with E-state index in [9.17, 15) is 4.79 Å². The molecule has 0 spiro atoms. The lowest BCUT2D eigenvalue weighted by atomic mass is 9.81.